The molecule has 0 aliphatic carbocycles. The number of pyridine rings is 1. The first-order valence-corrected chi connectivity index (χ1v) is 9.04. The van der Waals surface area contributed by atoms with Crippen LogP contribution in [0.15, 0.2) is 24.5 Å². The maximum absolute atomic E-state index is 13.7. The third kappa shape index (κ3) is 3.86. The van der Waals surface area contributed by atoms with E-state index in [1.807, 2.05) is 4.90 Å². The quantitative estimate of drug-likeness (QED) is 0.715. The van der Waals surface area contributed by atoms with E-state index in [-0.39, 0.29) is 11.7 Å². The number of carbonyl (C=O) groups is 1. The van der Waals surface area contributed by atoms with Crippen LogP contribution in [0.1, 0.15) is 26.1 Å². The second-order valence-electron chi connectivity index (χ2n) is 6.78. The van der Waals surface area contributed by atoms with Crippen molar-refractivity contribution in [2.24, 2.45) is 0 Å². The molecule has 1 N–H and O–H groups in total. The van der Waals surface area contributed by atoms with Crippen molar-refractivity contribution in [3.05, 3.63) is 30.4 Å². The Bertz CT molecular complexity index is 1060. The van der Waals surface area contributed by atoms with Gasteiger partial charge in [0.1, 0.15) is 12.5 Å². The van der Waals surface area contributed by atoms with E-state index in [1.54, 1.807) is 12.3 Å². The van der Waals surface area contributed by atoms with Crippen LogP contribution in [0.2, 0.25) is 0 Å². The fraction of sp³-hybridized carbons (Fsp3) is 0.389. The lowest BCUT2D eigenvalue weighted by molar-refractivity contribution is -0.114. The fourth-order valence-corrected chi connectivity index (χ4v) is 3.09. The molecule has 11 heteroatoms. The molecule has 1 amide bonds. The van der Waals surface area contributed by atoms with Crippen LogP contribution in [-0.2, 0) is 15.5 Å². The highest BCUT2D eigenvalue weighted by Crippen LogP contribution is 2.31. The summed E-state index contributed by atoms with van der Waals surface area (Å²) in [6.07, 6.45) is 3.69. The first-order valence-electron chi connectivity index (χ1n) is 9.04. The summed E-state index contributed by atoms with van der Waals surface area (Å²) in [5.74, 6) is -2.95. The Kier molecular flexibility index (Phi) is 4.82. The zero-order chi connectivity index (χ0) is 20.6. The van der Waals surface area contributed by atoms with Crippen LogP contribution < -0.4 is 10.2 Å². The van der Waals surface area contributed by atoms with Crippen LogP contribution in [0.3, 0.4) is 0 Å². The van der Waals surface area contributed by atoms with Gasteiger partial charge in [-0.1, -0.05) is 0 Å². The summed E-state index contributed by atoms with van der Waals surface area (Å²) in [5, 5.41) is 7.91. The third-order valence-corrected chi connectivity index (χ3v) is 4.36. The number of carbonyl (C=O) groups excluding carboxylic acids is 1. The molecule has 0 atom stereocenters. The molecule has 0 radical (unpaired) electrons. The van der Waals surface area contributed by atoms with Crippen molar-refractivity contribution < 1.29 is 18.3 Å². The van der Waals surface area contributed by atoms with Crippen LogP contribution in [0.4, 0.5) is 20.4 Å². The molecule has 3 aromatic heterocycles. The van der Waals surface area contributed by atoms with Crippen molar-refractivity contribution in [2.75, 3.05) is 30.1 Å². The number of hydrogen-bond donors (Lipinski definition) is 1. The molecule has 0 bridgehead atoms. The lowest BCUT2D eigenvalue weighted by atomic mass is 10.2. The van der Waals surface area contributed by atoms with Crippen molar-refractivity contribution >= 4 is 28.4 Å². The van der Waals surface area contributed by atoms with E-state index in [1.165, 1.54) is 23.9 Å². The molecular weight excluding hydrogens is 384 g/mol. The van der Waals surface area contributed by atoms with Crippen LogP contribution in [-0.4, -0.2) is 50.5 Å². The predicted octanol–water partition coefficient (Wildman–Crippen LogP) is 2.46. The minimum Gasteiger partial charge on any atom is -0.361 e. The molecule has 9 nitrogen and oxygen atoms in total. The number of rotatable bonds is 4. The molecule has 4 rings (SSSR count). The number of alkyl halides is 2. The van der Waals surface area contributed by atoms with E-state index in [2.05, 4.69) is 25.4 Å². The maximum atomic E-state index is 13.7. The average Bonchev–Trinajstić information content (AvgIpc) is 3.06. The van der Waals surface area contributed by atoms with E-state index >= 15 is 0 Å². The van der Waals surface area contributed by atoms with Crippen LogP contribution in [0.25, 0.3) is 16.7 Å². The van der Waals surface area contributed by atoms with E-state index in [4.69, 9.17) is 4.74 Å². The molecular formula is C18H19F2N7O2. The van der Waals surface area contributed by atoms with Gasteiger partial charge in [0.25, 0.3) is 0 Å². The molecule has 0 spiro atoms. The number of nitrogens with zero attached hydrogens (tertiary/aromatic N) is 6. The summed E-state index contributed by atoms with van der Waals surface area (Å²) >= 11 is 0. The lowest BCUT2D eigenvalue weighted by Crippen LogP contribution is -2.33. The van der Waals surface area contributed by atoms with Gasteiger partial charge in [0.05, 0.1) is 17.5 Å². The van der Waals surface area contributed by atoms with E-state index < -0.39 is 11.7 Å². The summed E-state index contributed by atoms with van der Waals surface area (Å²) in [7, 11) is 0. The van der Waals surface area contributed by atoms with Gasteiger partial charge in [0.2, 0.25) is 11.7 Å². The summed E-state index contributed by atoms with van der Waals surface area (Å²) in [4.78, 5) is 25.3. The van der Waals surface area contributed by atoms with Crippen molar-refractivity contribution in [1.29, 1.82) is 0 Å². The molecule has 0 saturated carbocycles. The Morgan fingerprint density at radius 2 is 2.17 bits per heavy atom. The first-order chi connectivity index (χ1) is 13.8. The SMILES string of the molecule is CC(=O)Nc1cc2c(cn1)c(N1CCCOC1)nn2-c1ccnc(C(C)(F)F)n1. The zero-order valence-corrected chi connectivity index (χ0v) is 15.9. The normalized spacial score (nSPS) is 15.0. The van der Waals surface area contributed by atoms with Gasteiger partial charge in [-0.15, -0.1) is 5.10 Å². The topological polar surface area (TPSA) is 98.1 Å². The van der Waals surface area contributed by atoms with Crippen LogP contribution >= 0.6 is 0 Å². The van der Waals surface area contributed by atoms with Gasteiger partial charge in [-0.05, 0) is 6.42 Å². The zero-order valence-electron chi connectivity index (χ0n) is 15.9. The molecule has 3 aromatic rings. The average molecular weight is 403 g/mol. The van der Waals surface area contributed by atoms with Gasteiger partial charge in [0, 0.05) is 44.9 Å². The Labute approximate surface area is 164 Å². The largest absolute Gasteiger partial charge is 0.361 e. The maximum Gasteiger partial charge on any atom is 0.303 e. The van der Waals surface area contributed by atoms with E-state index in [9.17, 15) is 13.6 Å². The number of nitrogens with one attached hydrogen (secondary N) is 1. The molecule has 4 heterocycles. The number of anilines is 2. The van der Waals surface area contributed by atoms with E-state index in [0.717, 1.165) is 19.9 Å². The molecule has 1 fully saturated rings. The molecule has 1 saturated heterocycles. The van der Waals surface area contributed by atoms with Crippen molar-refractivity contribution in [1.82, 2.24) is 24.7 Å². The Hall–Kier alpha value is -3.21. The second kappa shape index (κ2) is 7.32. The van der Waals surface area contributed by atoms with Gasteiger partial charge in [0.15, 0.2) is 11.6 Å². The van der Waals surface area contributed by atoms with Crippen LogP contribution in [0, 0.1) is 0 Å². The van der Waals surface area contributed by atoms with Crippen molar-refractivity contribution in [3.63, 3.8) is 0 Å². The monoisotopic (exact) mass is 403 g/mol. The Morgan fingerprint density at radius 1 is 1.34 bits per heavy atom. The number of ether oxygens (including phenoxy) is 1. The first kappa shape index (κ1) is 19.1. The summed E-state index contributed by atoms with van der Waals surface area (Å²) in [6, 6.07) is 3.13. The number of amides is 1. The Balaban J connectivity index is 1.88. The molecule has 152 valence electrons. The van der Waals surface area contributed by atoms with Gasteiger partial charge in [-0.25, -0.2) is 19.6 Å². The van der Waals surface area contributed by atoms with Crippen LogP contribution in [0.5, 0.6) is 0 Å². The number of aromatic nitrogens is 5. The van der Waals surface area contributed by atoms with Gasteiger partial charge >= 0.3 is 5.92 Å². The lowest BCUT2D eigenvalue weighted by Gasteiger charge is -2.26. The number of fused-ring (bicyclic) bond motifs is 1. The Morgan fingerprint density at radius 3 is 2.86 bits per heavy atom. The second-order valence-corrected chi connectivity index (χ2v) is 6.78. The number of halogens is 2. The third-order valence-electron chi connectivity index (χ3n) is 4.36. The highest BCUT2D eigenvalue weighted by atomic mass is 19.3. The van der Waals surface area contributed by atoms with Crippen molar-refractivity contribution in [2.45, 2.75) is 26.2 Å². The predicted molar refractivity (Wildman–Crippen MR) is 101 cm³/mol. The van der Waals surface area contributed by atoms with Gasteiger partial charge in [-0.2, -0.15) is 8.78 Å². The molecule has 1 aliphatic rings. The molecule has 0 aromatic carbocycles. The van der Waals surface area contributed by atoms with Crippen molar-refractivity contribution in [3.8, 4) is 5.82 Å². The highest BCUT2D eigenvalue weighted by Gasteiger charge is 2.29. The van der Waals surface area contributed by atoms with Gasteiger partial charge < -0.3 is 15.0 Å². The molecule has 0 unspecified atom stereocenters. The smallest absolute Gasteiger partial charge is 0.303 e. The molecule has 29 heavy (non-hydrogen) atoms. The highest BCUT2D eigenvalue weighted by molar-refractivity contribution is 5.95. The molecule has 1 aliphatic heterocycles. The standard InChI is InChI=1S/C18H19F2N7O2/c1-11(28)23-14-8-13-12(9-22-14)16(26-6-3-7-29-10-26)25-27(13)15-4-5-21-17(24-15)18(2,19)20/h4-5,8-9H,3,6-7,10H2,1-2H3,(H,22,23,28). The minimum absolute atomic E-state index is 0.186. The summed E-state index contributed by atoms with van der Waals surface area (Å²) in [6.45, 7) is 3.88. The minimum atomic E-state index is -3.19. The number of hydrogen-bond acceptors (Lipinski definition) is 7. The summed E-state index contributed by atoms with van der Waals surface area (Å²) < 4.78 is 34.4. The summed E-state index contributed by atoms with van der Waals surface area (Å²) in [5.41, 5.74) is 0.563. The fourth-order valence-electron chi connectivity index (χ4n) is 3.09. The van der Waals surface area contributed by atoms with E-state index in [0.29, 0.717) is 35.9 Å². The van der Waals surface area contributed by atoms with Gasteiger partial charge in [-0.3, -0.25) is 4.79 Å².